The summed E-state index contributed by atoms with van der Waals surface area (Å²) >= 11 is 0. The predicted octanol–water partition coefficient (Wildman–Crippen LogP) is 0.678. The molecule has 0 aliphatic carbocycles. The van der Waals surface area contributed by atoms with Gasteiger partial charge in [-0.3, -0.25) is 0 Å². The molecule has 1 heterocycles. The van der Waals surface area contributed by atoms with Crippen molar-refractivity contribution >= 4 is 15.7 Å². The van der Waals surface area contributed by atoms with Crippen LogP contribution in [0.5, 0.6) is 0 Å². The summed E-state index contributed by atoms with van der Waals surface area (Å²) in [7, 11) is -3.44. The zero-order chi connectivity index (χ0) is 12.5. The van der Waals surface area contributed by atoms with E-state index in [-0.39, 0.29) is 11.0 Å². The second-order valence-corrected chi connectivity index (χ2v) is 6.05. The molecule has 1 aliphatic rings. The SMILES string of the molecule is CC1CN(S(=O)(=O)c2cccc(N)c2)CCO1. The highest BCUT2D eigenvalue weighted by Gasteiger charge is 2.28. The van der Waals surface area contributed by atoms with E-state index in [4.69, 9.17) is 10.5 Å². The number of nitrogens with zero attached hydrogens (tertiary/aromatic N) is 1. The molecule has 0 spiro atoms. The molecule has 5 nitrogen and oxygen atoms in total. The highest BCUT2D eigenvalue weighted by atomic mass is 32.2. The van der Waals surface area contributed by atoms with Crippen LogP contribution in [0.4, 0.5) is 5.69 Å². The van der Waals surface area contributed by atoms with Crippen LogP contribution in [0.15, 0.2) is 29.2 Å². The van der Waals surface area contributed by atoms with Gasteiger partial charge in [-0.2, -0.15) is 4.31 Å². The first-order valence-electron chi connectivity index (χ1n) is 5.47. The van der Waals surface area contributed by atoms with Crippen molar-refractivity contribution in [2.24, 2.45) is 0 Å². The van der Waals surface area contributed by atoms with E-state index in [2.05, 4.69) is 0 Å². The van der Waals surface area contributed by atoms with Crippen LogP contribution in [0.1, 0.15) is 6.92 Å². The number of nitrogen functional groups attached to an aromatic ring is 1. The van der Waals surface area contributed by atoms with Gasteiger partial charge in [-0.25, -0.2) is 8.42 Å². The first kappa shape index (κ1) is 12.3. The third-order valence-electron chi connectivity index (χ3n) is 2.70. The van der Waals surface area contributed by atoms with Gasteiger partial charge in [0.1, 0.15) is 0 Å². The number of rotatable bonds is 2. The van der Waals surface area contributed by atoms with Crippen LogP contribution in [0.25, 0.3) is 0 Å². The Hall–Kier alpha value is -1.11. The number of anilines is 1. The molecular formula is C11H16N2O3S. The van der Waals surface area contributed by atoms with Gasteiger partial charge in [0.25, 0.3) is 0 Å². The van der Waals surface area contributed by atoms with E-state index in [0.717, 1.165) is 0 Å². The molecule has 0 saturated carbocycles. The topological polar surface area (TPSA) is 72.6 Å². The van der Waals surface area contributed by atoms with Gasteiger partial charge >= 0.3 is 0 Å². The lowest BCUT2D eigenvalue weighted by Gasteiger charge is -2.30. The maximum Gasteiger partial charge on any atom is 0.243 e. The van der Waals surface area contributed by atoms with E-state index in [1.807, 2.05) is 6.92 Å². The van der Waals surface area contributed by atoms with Crippen molar-refractivity contribution in [2.45, 2.75) is 17.9 Å². The van der Waals surface area contributed by atoms with Crippen LogP contribution < -0.4 is 5.73 Å². The van der Waals surface area contributed by atoms with Crippen LogP contribution >= 0.6 is 0 Å². The smallest absolute Gasteiger partial charge is 0.243 e. The van der Waals surface area contributed by atoms with Crippen LogP contribution in [-0.2, 0) is 14.8 Å². The second-order valence-electron chi connectivity index (χ2n) is 4.12. The summed E-state index contributed by atoms with van der Waals surface area (Å²) in [5.41, 5.74) is 6.06. The predicted molar refractivity (Wildman–Crippen MR) is 65.0 cm³/mol. The summed E-state index contributed by atoms with van der Waals surface area (Å²) in [6.07, 6.45) is -0.0698. The van der Waals surface area contributed by atoms with Crippen molar-refractivity contribution in [2.75, 3.05) is 25.4 Å². The lowest BCUT2D eigenvalue weighted by molar-refractivity contribution is 0.0102. The summed E-state index contributed by atoms with van der Waals surface area (Å²) in [6.45, 7) is 3.07. The molecule has 1 aliphatic heterocycles. The Bertz CT molecular complexity index is 501. The molecule has 0 radical (unpaired) electrons. The van der Waals surface area contributed by atoms with Gasteiger partial charge in [-0.15, -0.1) is 0 Å². The van der Waals surface area contributed by atoms with Crippen molar-refractivity contribution in [1.29, 1.82) is 0 Å². The summed E-state index contributed by atoms with van der Waals surface area (Å²) in [5, 5.41) is 0. The van der Waals surface area contributed by atoms with Gasteiger partial charge in [0.2, 0.25) is 10.0 Å². The molecule has 1 unspecified atom stereocenters. The van der Waals surface area contributed by atoms with E-state index in [9.17, 15) is 8.42 Å². The molecule has 1 atom stereocenters. The third kappa shape index (κ3) is 2.59. The number of benzene rings is 1. The molecular weight excluding hydrogens is 240 g/mol. The maximum absolute atomic E-state index is 12.3. The monoisotopic (exact) mass is 256 g/mol. The Kier molecular flexibility index (Phi) is 3.37. The molecule has 1 saturated heterocycles. The molecule has 0 amide bonds. The van der Waals surface area contributed by atoms with Gasteiger partial charge < -0.3 is 10.5 Å². The Morgan fingerprint density at radius 2 is 2.24 bits per heavy atom. The Balaban J connectivity index is 2.29. The number of sulfonamides is 1. The lowest BCUT2D eigenvalue weighted by atomic mass is 10.3. The van der Waals surface area contributed by atoms with Crippen LogP contribution in [0.3, 0.4) is 0 Å². The third-order valence-corrected chi connectivity index (χ3v) is 4.56. The molecule has 2 rings (SSSR count). The largest absolute Gasteiger partial charge is 0.399 e. The van der Waals surface area contributed by atoms with E-state index < -0.39 is 10.0 Å². The molecule has 6 heteroatoms. The van der Waals surface area contributed by atoms with Crippen molar-refractivity contribution in [3.63, 3.8) is 0 Å². The van der Waals surface area contributed by atoms with Crippen LogP contribution in [0, 0.1) is 0 Å². The molecule has 1 aromatic carbocycles. The summed E-state index contributed by atoms with van der Waals surface area (Å²) < 4.78 is 31.4. The fourth-order valence-electron chi connectivity index (χ4n) is 1.83. The average molecular weight is 256 g/mol. The molecule has 0 aromatic heterocycles. The number of hydrogen-bond acceptors (Lipinski definition) is 4. The van der Waals surface area contributed by atoms with Crippen LogP contribution in [0.2, 0.25) is 0 Å². The van der Waals surface area contributed by atoms with E-state index >= 15 is 0 Å². The molecule has 1 aromatic rings. The zero-order valence-electron chi connectivity index (χ0n) is 9.67. The van der Waals surface area contributed by atoms with Crippen molar-refractivity contribution in [3.05, 3.63) is 24.3 Å². The maximum atomic E-state index is 12.3. The van der Waals surface area contributed by atoms with E-state index in [1.165, 1.54) is 10.4 Å². The first-order chi connectivity index (χ1) is 8.00. The molecule has 1 fully saturated rings. The highest BCUT2D eigenvalue weighted by Crippen LogP contribution is 2.20. The Labute approximate surface area is 101 Å². The number of nitrogens with two attached hydrogens (primary N) is 1. The molecule has 2 N–H and O–H groups in total. The standard InChI is InChI=1S/C11H16N2O3S/c1-9-8-13(5-6-16-9)17(14,15)11-4-2-3-10(12)7-11/h2-4,7,9H,5-6,8,12H2,1H3. The summed E-state index contributed by atoms with van der Waals surface area (Å²) in [5.74, 6) is 0. The second kappa shape index (κ2) is 4.64. The van der Waals surface area contributed by atoms with Crippen molar-refractivity contribution in [1.82, 2.24) is 4.31 Å². The minimum absolute atomic E-state index is 0.0698. The number of hydrogen-bond donors (Lipinski definition) is 1. The minimum atomic E-state index is -3.44. The highest BCUT2D eigenvalue weighted by molar-refractivity contribution is 7.89. The van der Waals surface area contributed by atoms with E-state index in [0.29, 0.717) is 25.4 Å². The average Bonchev–Trinajstić information content (AvgIpc) is 2.29. The van der Waals surface area contributed by atoms with Gasteiger partial charge in [-0.1, -0.05) is 6.07 Å². The van der Waals surface area contributed by atoms with Crippen molar-refractivity contribution < 1.29 is 13.2 Å². The summed E-state index contributed by atoms with van der Waals surface area (Å²) in [4.78, 5) is 0.242. The van der Waals surface area contributed by atoms with Gasteiger partial charge in [0, 0.05) is 18.8 Å². The molecule has 17 heavy (non-hydrogen) atoms. The van der Waals surface area contributed by atoms with Crippen LogP contribution in [-0.4, -0.2) is 38.5 Å². The van der Waals surface area contributed by atoms with Gasteiger partial charge in [0.05, 0.1) is 17.6 Å². The molecule has 94 valence electrons. The van der Waals surface area contributed by atoms with Gasteiger partial charge in [-0.05, 0) is 25.1 Å². The fraction of sp³-hybridized carbons (Fsp3) is 0.455. The number of morpholine rings is 1. The van der Waals surface area contributed by atoms with Gasteiger partial charge in [0.15, 0.2) is 0 Å². The van der Waals surface area contributed by atoms with Crippen molar-refractivity contribution in [3.8, 4) is 0 Å². The normalized spacial score (nSPS) is 22.5. The first-order valence-corrected chi connectivity index (χ1v) is 6.91. The zero-order valence-corrected chi connectivity index (χ0v) is 10.5. The minimum Gasteiger partial charge on any atom is -0.399 e. The quantitative estimate of drug-likeness (QED) is 0.790. The van der Waals surface area contributed by atoms with E-state index in [1.54, 1.807) is 18.2 Å². The Morgan fingerprint density at radius 3 is 2.88 bits per heavy atom. The summed E-state index contributed by atoms with van der Waals surface area (Å²) in [6, 6.07) is 6.36. The Morgan fingerprint density at radius 1 is 1.47 bits per heavy atom. The number of ether oxygens (including phenoxy) is 1. The lowest BCUT2D eigenvalue weighted by Crippen LogP contribution is -2.44. The fourth-order valence-corrected chi connectivity index (χ4v) is 3.38. The molecule has 0 bridgehead atoms.